The number of nitrogens with one attached hydrogen (secondary N) is 3. The first-order valence-electron chi connectivity index (χ1n) is 11.3. The van der Waals surface area contributed by atoms with Crippen LogP contribution in [0.2, 0.25) is 0 Å². The SMILES string of the molecule is O=C(Nc1ccc(C(F)(F)F)cc1)NN(CC(O)CN1CCOCC1)C(=O)Nc1ccc(C(F)(F)F)cc1. The number of hydrogen-bond donors (Lipinski definition) is 4. The molecule has 0 aromatic heterocycles. The fourth-order valence-electron chi connectivity index (χ4n) is 3.49. The molecule has 2 aromatic rings. The minimum absolute atomic E-state index is 0.00698. The van der Waals surface area contributed by atoms with Gasteiger partial charge >= 0.3 is 24.4 Å². The molecule has 4 N–H and O–H groups in total. The summed E-state index contributed by atoms with van der Waals surface area (Å²) in [5.41, 5.74) is 0.327. The topological polar surface area (TPSA) is 106 Å². The molecule has 1 unspecified atom stereocenters. The molecule has 1 aliphatic rings. The van der Waals surface area contributed by atoms with Crippen LogP contribution in [-0.2, 0) is 17.1 Å². The Kier molecular flexibility index (Phi) is 9.40. The summed E-state index contributed by atoms with van der Waals surface area (Å²) in [5, 5.41) is 15.8. The molecule has 0 aliphatic carbocycles. The van der Waals surface area contributed by atoms with Crippen LogP contribution in [0.15, 0.2) is 48.5 Å². The van der Waals surface area contributed by atoms with Gasteiger partial charge in [-0.2, -0.15) is 26.3 Å². The van der Waals surface area contributed by atoms with Gasteiger partial charge in [-0.15, -0.1) is 0 Å². The number of aliphatic hydroxyl groups excluding tert-OH is 1. The number of halogens is 6. The fourth-order valence-corrected chi connectivity index (χ4v) is 3.49. The van der Waals surface area contributed by atoms with Gasteiger partial charge in [0.05, 0.1) is 37.0 Å². The predicted molar refractivity (Wildman–Crippen MR) is 124 cm³/mol. The average Bonchev–Trinajstić information content (AvgIpc) is 2.83. The molecule has 0 radical (unpaired) electrons. The lowest BCUT2D eigenvalue weighted by molar-refractivity contribution is -0.138. The van der Waals surface area contributed by atoms with Crippen LogP contribution in [-0.4, -0.2) is 72.6 Å². The van der Waals surface area contributed by atoms with Crippen LogP contribution in [0.1, 0.15) is 11.1 Å². The van der Waals surface area contributed by atoms with Crippen LogP contribution in [0, 0.1) is 0 Å². The number of carbonyl (C=O) groups is 2. The van der Waals surface area contributed by atoms with Crippen molar-refractivity contribution in [1.82, 2.24) is 15.3 Å². The zero-order chi connectivity index (χ0) is 27.9. The van der Waals surface area contributed by atoms with E-state index in [4.69, 9.17) is 4.74 Å². The van der Waals surface area contributed by atoms with Gasteiger partial charge in [0, 0.05) is 31.0 Å². The van der Waals surface area contributed by atoms with Gasteiger partial charge in [-0.25, -0.2) is 20.0 Å². The van der Waals surface area contributed by atoms with Gasteiger partial charge in [-0.3, -0.25) is 4.90 Å². The summed E-state index contributed by atoms with van der Waals surface area (Å²) in [6.07, 6.45) is -10.3. The number of ether oxygens (including phenoxy) is 1. The molecule has 2 aromatic carbocycles. The van der Waals surface area contributed by atoms with Crippen molar-refractivity contribution in [1.29, 1.82) is 0 Å². The summed E-state index contributed by atoms with van der Waals surface area (Å²) in [5.74, 6) is 0. The van der Waals surface area contributed by atoms with E-state index in [-0.39, 0.29) is 17.9 Å². The van der Waals surface area contributed by atoms with E-state index in [0.717, 1.165) is 48.5 Å². The number of hydrogen-bond acceptors (Lipinski definition) is 5. The van der Waals surface area contributed by atoms with Gasteiger partial charge in [0.25, 0.3) is 0 Å². The number of β-amino-alcohol motifs (C(OH)–C–C–N with tert-alkyl or cyclic N) is 1. The summed E-state index contributed by atoms with van der Waals surface area (Å²) >= 11 is 0. The van der Waals surface area contributed by atoms with Crippen molar-refractivity contribution in [2.75, 3.05) is 50.0 Å². The fraction of sp³-hybridized carbons (Fsp3) is 0.391. The van der Waals surface area contributed by atoms with Crippen LogP contribution in [0.3, 0.4) is 0 Å². The van der Waals surface area contributed by atoms with Gasteiger partial charge in [-0.1, -0.05) is 0 Å². The summed E-state index contributed by atoms with van der Waals surface area (Å²) in [6.45, 7) is 1.71. The number of amides is 4. The first-order valence-corrected chi connectivity index (χ1v) is 11.3. The molecule has 0 saturated carbocycles. The molecular weight excluding hydrogens is 524 g/mol. The van der Waals surface area contributed by atoms with Crippen molar-refractivity contribution < 1.29 is 45.8 Å². The second kappa shape index (κ2) is 12.3. The molecule has 9 nitrogen and oxygen atoms in total. The summed E-state index contributed by atoms with van der Waals surface area (Å²) in [7, 11) is 0. The number of anilines is 2. The maximum atomic E-state index is 12.8. The zero-order valence-corrected chi connectivity index (χ0v) is 19.8. The van der Waals surface area contributed by atoms with E-state index in [0.29, 0.717) is 31.3 Å². The van der Waals surface area contributed by atoms with Gasteiger partial charge in [-0.05, 0) is 48.5 Å². The molecule has 1 heterocycles. The number of alkyl halides is 6. The standard InChI is InChI=1S/C23H25F6N5O4/c24-22(25,26)15-1-5-17(6-2-15)30-20(36)32-34(14-19(35)13-33-9-11-38-12-10-33)21(37)31-18-7-3-16(4-8-18)23(27,28)29/h1-8,19,35H,9-14H2,(H,31,37)(H2,30,32,36). The molecule has 3 rings (SSSR count). The molecular formula is C23H25F6N5O4. The van der Waals surface area contributed by atoms with Gasteiger partial charge < -0.3 is 20.5 Å². The van der Waals surface area contributed by atoms with E-state index in [1.807, 2.05) is 4.90 Å². The molecule has 1 aliphatic heterocycles. The van der Waals surface area contributed by atoms with Crippen molar-refractivity contribution in [3.63, 3.8) is 0 Å². The average molecular weight is 549 g/mol. The monoisotopic (exact) mass is 549 g/mol. The maximum absolute atomic E-state index is 12.8. The van der Waals surface area contributed by atoms with Crippen molar-refractivity contribution in [3.8, 4) is 0 Å². The van der Waals surface area contributed by atoms with Crippen LogP contribution < -0.4 is 16.1 Å². The van der Waals surface area contributed by atoms with Crippen LogP contribution in [0.5, 0.6) is 0 Å². The third-order valence-corrected chi connectivity index (χ3v) is 5.38. The van der Waals surface area contributed by atoms with E-state index in [2.05, 4.69) is 16.1 Å². The second-order valence-electron chi connectivity index (χ2n) is 8.32. The lowest BCUT2D eigenvalue weighted by Gasteiger charge is -2.31. The third-order valence-electron chi connectivity index (χ3n) is 5.38. The third kappa shape index (κ3) is 8.78. The lowest BCUT2D eigenvalue weighted by atomic mass is 10.2. The highest BCUT2D eigenvalue weighted by Crippen LogP contribution is 2.30. The molecule has 1 saturated heterocycles. The Morgan fingerprint density at radius 3 is 1.82 bits per heavy atom. The zero-order valence-electron chi connectivity index (χ0n) is 19.8. The maximum Gasteiger partial charge on any atom is 0.416 e. The normalized spacial score (nSPS) is 15.4. The Bertz CT molecular complexity index is 1070. The Labute approximate surface area is 213 Å². The highest BCUT2D eigenvalue weighted by molar-refractivity contribution is 5.94. The van der Waals surface area contributed by atoms with Crippen molar-refractivity contribution in [2.45, 2.75) is 18.5 Å². The molecule has 208 valence electrons. The summed E-state index contributed by atoms with van der Waals surface area (Å²) < 4.78 is 81.9. The number of morpholine rings is 1. The van der Waals surface area contributed by atoms with Crippen LogP contribution in [0.25, 0.3) is 0 Å². The van der Waals surface area contributed by atoms with E-state index < -0.39 is 48.2 Å². The summed E-state index contributed by atoms with van der Waals surface area (Å²) in [6, 6.07) is 5.13. The molecule has 38 heavy (non-hydrogen) atoms. The molecule has 4 amide bonds. The predicted octanol–water partition coefficient (Wildman–Crippen LogP) is 3.99. The smallest absolute Gasteiger partial charge is 0.390 e. The van der Waals surface area contributed by atoms with E-state index in [1.54, 1.807) is 0 Å². The lowest BCUT2D eigenvalue weighted by Crippen LogP contribution is -2.54. The summed E-state index contributed by atoms with van der Waals surface area (Å²) in [4.78, 5) is 27.2. The van der Waals surface area contributed by atoms with Gasteiger partial charge in [0.2, 0.25) is 0 Å². The molecule has 1 fully saturated rings. The molecule has 1 atom stereocenters. The Morgan fingerprint density at radius 1 is 0.868 bits per heavy atom. The minimum Gasteiger partial charge on any atom is -0.390 e. The Balaban J connectivity index is 1.68. The van der Waals surface area contributed by atoms with Crippen LogP contribution in [0.4, 0.5) is 47.3 Å². The highest BCUT2D eigenvalue weighted by atomic mass is 19.4. The van der Waals surface area contributed by atoms with E-state index >= 15 is 0 Å². The van der Waals surface area contributed by atoms with Crippen molar-refractivity contribution >= 4 is 23.4 Å². The first kappa shape index (κ1) is 29.0. The molecule has 0 bridgehead atoms. The Morgan fingerprint density at radius 2 is 1.34 bits per heavy atom. The van der Waals surface area contributed by atoms with Crippen molar-refractivity contribution in [3.05, 3.63) is 59.7 Å². The quantitative estimate of drug-likeness (QED) is 0.322. The molecule has 0 spiro atoms. The number of urea groups is 2. The number of carbonyl (C=O) groups excluding carboxylic acids is 2. The van der Waals surface area contributed by atoms with E-state index in [9.17, 15) is 41.0 Å². The van der Waals surface area contributed by atoms with Gasteiger partial charge in [0.1, 0.15) is 0 Å². The van der Waals surface area contributed by atoms with Gasteiger partial charge in [0.15, 0.2) is 0 Å². The highest BCUT2D eigenvalue weighted by Gasteiger charge is 2.31. The molecule has 15 heteroatoms. The number of benzene rings is 2. The number of nitrogens with zero attached hydrogens (tertiary/aromatic N) is 2. The number of rotatable bonds is 6. The van der Waals surface area contributed by atoms with E-state index in [1.165, 1.54) is 0 Å². The largest absolute Gasteiger partial charge is 0.416 e. The number of aliphatic hydroxyl groups is 1. The van der Waals surface area contributed by atoms with Crippen LogP contribution >= 0.6 is 0 Å². The minimum atomic E-state index is -4.57. The Hall–Kier alpha value is -3.56. The first-order chi connectivity index (χ1) is 17.8. The second-order valence-corrected chi connectivity index (χ2v) is 8.32. The van der Waals surface area contributed by atoms with Crippen molar-refractivity contribution in [2.24, 2.45) is 0 Å². The number of hydrazine groups is 1.